The lowest BCUT2D eigenvalue weighted by molar-refractivity contribution is -0.120. The third-order valence-corrected chi connectivity index (χ3v) is 6.10. The van der Waals surface area contributed by atoms with Gasteiger partial charge in [0.05, 0.1) is 30.2 Å². The van der Waals surface area contributed by atoms with Crippen molar-refractivity contribution in [3.05, 3.63) is 59.7 Å². The van der Waals surface area contributed by atoms with Crippen LogP contribution in [0.1, 0.15) is 25.0 Å². The van der Waals surface area contributed by atoms with Crippen LogP contribution in [0.4, 0.5) is 0 Å². The van der Waals surface area contributed by atoms with E-state index in [0.717, 1.165) is 16.9 Å². The largest absolute Gasteiger partial charge is 0.497 e. The molecule has 0 aromatic heterocycles. The highest BCUT2D eigenvalue weighted by atomic mass is 32.2. The van der Waals surface area contributed by atoms with Crippen molar-refractivity contribution in [3.63, 3.8) is 0 Å². The molecular formula is C21H23NO4S. The Kier molecular flexibility index (Phi) is 7.03. The number of nitrogens with one attached hydrogen (secondary N) is 1. The molecule has 2 rings (SSSR count). The minimum atomic E-state index is -3.30. The van der Waals surface area contributed by atoms with E-state index in [4.69, 9.17) is 4.74 Å². The summed E-state index contributed by atoms with van der Waals surface area (Å²) in [7, 11) is -1.69. The number of carbonyl (C=O) groups excluding carboxylic acids is 1. The molecule has 0 bridgehead atoms. The highest BCUT2D eigenvalue weighted by Crippen LogP contribution is 2.16. The van der Waals surface area contributed by atoms with Gasteiger partial charge in [0.2, 0.25) is 5.91 Å². The van der Waals surface area contributed by atoms with Crippen LogP contribution in [0.15, 0.2) is 53.4 Å². The van der Waals surface area contributed by atoms with Crippen LogP contribution in [-0.4, -0.2) is 33.2 Å². The summed E-state index contributed by atoms with van der Waals surface area (Å²) in [4.78, 5) is 12.3. The molecule has 0 heterocycles. The highest BCUT2D eigenvalue weighted by Gasteiger charge is 2.18. The lowest BCUT2D eigenvalue weighted by Crippen LogP contribution is -2.25. The maximum atomic E-state index is 12.1. The maximum Gasteiger partial charge on any atom is 0.225 e. The van der Waals surface area contributed by atoms with Crippen LogP contribution < -0.4 is 10.1 Å². The van der Waals surface area contributed by atoms with E-state index in [1.807, 2.05) is 24.3 Å². The van der Waals surface area contributed by atoms with E-state index in [0.29, 0.717) is 0 Å². The van der Waals surface area contributed by atoms with Gasteiger partial charge in [0.25, 0.3) is 0 Å². The van der Waals surface area contributed by atoms with Crippen molar-refractivity contribution in [3.8, 4) is 17.6 Å². The quantitative estimate of drug-likeness (QED) is 0.776. The van der Waals surface area contributed by atoms with E-state index in [-0.39, 0.29) is 23.8 Å². The minimum Gasteiger partial charge on any atom is -0.497 e. The van der Waals surface area contributed by atoms with Crippen LogP contribution >= 0.6 is 0 Å². The maximum absolute atomic E-state index is 12.1. The number of methoxy groups -OCH3 is 1. The fourth-order valence-electron chi connectivity index (χ4n) is 2.28. The highest BCUT2D eigenvalue weighted by molar-refractivity contribution is 7.92. The SMILES string of the molecule is COc1ccc(C#CCNC(=O)Cc2ccc(S(=O)(=O)C(C)C)cc2)cc1. The molecule has 27 heavy (non-hydrogen) atoms. The monoisotopic (exact) mass is 385 g/mol. The second kappa shape index (κ2) is 9.24. The Balaban J connectivity index is 1.86. The van der Waals surface area contributed by atoms with Gasteiger partial charge < -0.3 is 10.1 Å². The first-order valence-electron chi connectivity index (χ1n) is 8.55. The third kappa shape index (κ3) is 5.87. The molecule has 2 aromatic rings. The van der Waals surface area contributed by atoms with Crippen LogP contribution in [0.2, 0.25) is 0 Å². The molecule has 0 saturated carbocycles. The van der Waals surface area contributed by atoms with Gasteiger partial charge in [-0.15, -0.1) is 0 Å². The Bertz CT molecular complexity index is 934. The van der Waals surface area contributed by atoms with E-state index in [1.54, 1.807) is 45.2 Å². The molecule has 6 heteroatoms. The summed E-state index contributed by atoms with van der Waals surface area (Å²) in [5, 5.41) is 2.26. The zero-order valence-electron chi connectivity index (χ0n) is 15.7. The average Bonchev–Trinajstić information content (AvgIpc) is 2.66. The normalized spacial score (nSPS) is 10.8. The lowest BCUT2D eigenvalue weighted by Gasteiger charge is -2.08. The number of carbonyl (C=O) groups is 1. The molecule has 0 aliphatic heterocycles. The Morgan fingerprint density at radius 3 is 2.26 bits per heavy atom. The van der Waals surface area contributed by atoms with Gasteiger partial charge in [-0.05, 0) is 55.8 Å². The Morgan fingerprint density at radius 2 is 1.70 bits per heavy atom. The molecule has 0 aliphatic carbocycles. The second-order valence-corrected chi connectivity index (χ2v) is 8.73. The molecule has 0 unspecified atom stereocenters. The molecule has 1 amide bonds. The predicted molar refractivity (Wildman–Crippen MR) is 105 cm³/mol. The van der Waals surface area contributed by atoms with Gasteiger partial charge in [0.1, 0.15) is 5.75 Å². The van der Waals surface area contributed by atoms with Crippen molar-refractivity contribution in [2.45, 2.75) is 30.4 Å². The molecule has 142 valence electrons. The van der Waals surface area contributed by atoms with Crippen LogP contribution in [-0.2, 0) is 21.1 Å². The molecule has 0 atom stereocenters. The molecular weight excluding hydrogens is 362 g/mol. The van der Waals surface area contributed by atoms with Crippen molar-refractivity contribution in [2.24, 2.45) is 0 Å². The van der Waals surface area contributed by atoms with E-state index in [1.165, 1.54) is 0 Å². The van der Waals surface area contributed by atoms with E-state index in [9.17, 15) is 13.2 Å². The molecule has 0 spiro atoms. The first-order valence-corrected chi connectivity index (χ1v) is 10.1. The summed E-state index contributed by atoms with van der Waals surface area (Å²) in [5.74, 6) is 6.45. The number of benzene rings is 2. The zero-order valence-corrected chi connectivity index (χ0v) is 16.5. The Hall–Kier alpha value is -2.78. The molecule has 1 N–H and O–H groups in total. The number of rotatable bonds is 6. The molecule has 5 nitrogen and oxygen atoms in total. The molecule has 0 radical (unpaired) electrons. The predicted octanol–water partition coefficient (Wildman–Crippen LogP) is 2.59. The average molecular weight is 385 g/mol. The first kappa shape index (κ1) is 20.5. The second-order valence-electron chi connectivity index (χ2n) is 6.22. The van der Waals surface area contributed by atoms with Gasteiger partial charge in [-0.3, -0.25) is 4.79 Å². The lowest BCUT2D eigenvalue weighted by atomic mass is 10.1. The van der Waals surface area contributed by atoms with Crippen molar-refractivity contribution in [2.75, 3.05) is 13.7 Å². The van der Waals surface area contributed by atoms with Gasteiger partial charge in [-0.25, -0.2) is 8.42 Å². The zero-order chi connectivity index (χ0) is 19.9. The number of hydrogen-bond acceptors (Lipinski definition) is 4. The van der Waals surface area contributed by atoms with Gasteiger partial charge in [0, 0.05) is 5.56 Å². The topological polar surface area (TPSA) is 72.5 Å². The Morgan fingerprint density at radius 1 is 1.07 bits per heavy atom. The van der Waals surface area contributed by atoms with Crippen LogP contribution in [0, 0.1) is 11.8 Å². The van der Waals surface area contributed by atoms with Gasteiger partial charge in [-0.2, -0.15) is 0 Å². The molecule has 0 fully saturated rings. The number of hydrogen-bond donors (Lipinski definition) is 1. The van der Waals surface area contributed by atoms with Gasteiger partial charge in [0.15, 0.2) is 9.84 Å². The summed E-state index contributed by atoms with van der Waals surface area (Å²) >= 11 is 0. The number of sulfone groups is 1. The smallest absolute Gasteiger partial charge is 0.225 e. The fraction of sp³-hybridized carbons (Fsp3) is 0.286. The van der Waals surface area contributed by atoms with Crippen LogP contribution in [0.25, 0.3) is 0 Å². The van der Waals surface area contributed by atoms with E-state index >= 15 is 0 Å². The fourth-order valence-corrected chi connectivity index (χ4v) is 3.34. The van der Waals surface area contributed by atoms with Gasteiger partial charge in [-0.1, -0.05) is 24.0 Å². The standard InChI is InChI=1S/C21H23NO4S/c1-16(2)27(24,25)20-12-8-18(9-13-20)15-21(23)22-14-4-5-17-6-10-19(26-3)11-7-17/h6-13,16H,14-15H2,1-3H3,(H,22,23). The molecule has 0 aliphatic rings. The summed E-state index contributed by atoms with van der Waals surface area (Å²) in [5.41, 5.74) is 1.59. The first-order chi connectivity index (χ1) is 12.8. The summed E-state index contributed by atoms with van der Waals surface area (Å²) in [6, 6.07) is 13.8. The van der Waals surface area contributed by atoms with Crippen molar-refractivity contribution in [1.82, 2.24) is 5.32 Å². The van der Waals surface area contributed by atoms with E-state index < -0.39 is 15.1 Å². The third-order valence-electron chi connectivity index (χ3n) is 3.93. The van der Waals surface area contributed by atoms with Crippen LogP contribution in [0.3, 0.4) is 0 Å². The summed E-state index contributed by atoms with van der Waals surface area (Å²) < 4.78 is 29.3. The van der Waals surface area contributed by atoms with Gasteiger partial charge >= 0.3 is 0 Å². The summed E-state index contributed by atoms with van der Waals surface area (Å²) in [6.07, 6.45) is 0.173. The molecule has 0 saturated heterocycles. The number of ether oxygens (including phenoxy) is 1. The van der Waals surface area contributed by atoms with Crippen molar-refractivity contribution in [1.29, 1.82) is 0 Å². The molecule has 2 aromatic carbocycles. The Labute approximate surface area is 160 Å². The van der Waals surface area contributed by atoms with Crippen molar-refractivity contribution >= 4 is 15.7 Å². The van der Waals surface area contributed by atoms with Crippen molar-refractivity contribution < 1.29 is 17.9 Å². The summed E-state index contributed by atoms with van der Waals surface area (Å²) in [6.45, 7) is 3.53. The van der Waals surface area contributed by atoms with E-state index in [2.05, 4.69) is 17.2 Å². The number of amides is 1. The minimum absolute atomic E-state index is 0.168. The van der Waals surface area contributed by atoms with Crippen LogP contribution in [0.5, 0.6) is 5.75 Å².